The van der Waals surface area contributed by atoms with Gasteiger partial charge in [0.1, 0.15) is 5.75 Å². The molecule has 0 unspecified atom stereocenters. The maximum Gasteiger partial charge on any atom is 0.182 e. The molecule has 2 rings (SSSR count). The molecule has 0 spiro atoms. The van der Waals surface area contributed by atoms with Crippen LogP contribution in [-0.4, -0.2) is 12.3 Å². The molecule has 5 heteroatoms. The fraction of sp³-hybridized carbons (Fsp3) is 0.417. The second kappa shape index (κ2) is 4.79. The van der Waals surface area contributed by atoms with E-state index in [1.165, 1.54) is 0 Å². The Morgan fingerprint density at radius 1 is 1.53 bits per heavy atom. The minimum atomic E-state index is 0.487. The first-order valence-electron chi connectivity index (χ1n) is 5.48. The Labute approximate surface area is 104 Å². The second-order valence-electron chi connectivity index (χ2n) is 4.32. The summed E-state index contributed by atoms with van der Waals surface area (Å²) in [5.74, 6) is 2.60. The number of hydrogen-bond acceptors (Lipinski definition) is 5. The van der Waals surface area contributed by atoms with Crippen molar-refractivity contribution in [1.82, 2.24) is 5.16 Å². The van der Waals surface area contributed by atoms with E-state index in [0.717, 1.165) is 28.4 Å². The van der Waals surface area contributed by atoms with E-state index in [-0.39, 0.29) is 0 Å². The summed E-state index contributed by atoms with van der Waals surface area (Å²) in [5, 5.41) is 5.79. The van der Waals surface area contributed by atoms with Crippen LogP contribution in [0.4, 0.5) is 5.82 Å². The number of nitrogens with two attached hydrogens (primary N) is 1. The summed E-state index contributed by atoms with van der Waals surface area (Å²) in [6, 6.07) is 1.94. The SMILES string of the molecule is COc1csc(-c2onc(N)c2CC(C)C)c1. The first-order chi connectivity index (χ1) is 8.11. The molecule has 0 amide bonds. The second-order valence-corrected chi connectivity index (χ2v) is 5.24. The van der Waals surface area contributed by atoms with Crippen LogP contribution in [0.5, 0.6) is 5.75 Å². The number of aromatic nitrogens is 1. The fourth-order valence-corrected chi connectivity index (χ4v) is 2.52. The van der Waals surface area contributed by atoms with Crippen molar-refractivity contribution < 1.29 is 9.26 Å². The van der Waals surface area contributed by atoms with Crippen molar-refractivity contribution in [3.05, 3.63) is 17.0 Å². The standard InChI is InChI=1S/C12H16N2O2S/c1-7(2)4-9-11(16-14-12(9)13)10-5-8(15-3)6-17-10/h5-7H,4H2,1-3H3,(H2,13,14). The largest absolute Gasteiger partial charge is 0.496 e. The number of ether oxygens (including phenoxy) is 1. The van der Waals surface area contributed by atoms with Gasteiger partial charge in [0.25, 0.3) is 0 Å². The maximum absolute atomic E-state index is 5.83. The third-order valence-electron chi connectivity index (χ3n) is 2.47. The molecular weight excluding hydrogens is 236 g/mol. The van der Waals surface area contributed by atoms with Crippen LogP contribution >= 0.6 is 11.3 Å². The van der Waals surface area contributed by atoms with Crippen molar-refractivity contribution in [2.45, 2.75) is 20.3 Å². The van der Waals surface area contributed by atoms with Crippen LogP contribution in [-0.2, 0) is 6.42 Å². The summed E-state index contributed by atoms with van der Waals surface area (Å²) in [5.41, 5.74) is 6.83. The highest BCUT2D eigenvalue weighted by atomic mass is 32.1. The summed E-state index contributed by atoms with van der Waals surface area (Å²) in [6.45, 7) is 4.29. The molecule has 0 saturated carbocycles. The number of anilines is 1. The molecule has 17 heavy (non-hydrogen) atoms. The number of thiophene rings is 1. The maximum atomic E-state index is 5.83. The zero-order chi connectivity index (χ0) is 12.4. The van der Waals surface area contributed by atoms with E-state index in [1.54, 1.807) is 18.4 Å². The predicted octanol–water partition coefficient (Wildman–Crippen LogP) is 3.19. The van der Waals surface area contributed by atoms with E-state index in [1.807, 2.05) is 11.4 Å². The van der Waals surface area contributed by atoms with E-state index in [0.29, 0.717) is 11.7 Å². The van der Waals surface area contributed by atoms with Gasteiger partial charge in [0, 0.05) is 17.0 Å². The average molecular weight is 252 g/mol. The van der Waals surface area contributed by atoms with Crippen molar-refractivity contribution >= 4 is 17.2 Å². The molecule has 0 aliphatic carbocycles. The Morgan fingerprint density at radius 3 is 2.88 bits per heavy atom. The van der Waals surface area contributed by atoms with Gasteiger partial charge in [0.05, 0.1) is 12.0 Å². The normalized spacial score (nSPS) is 11.1. The van der Waals surface area contributed by atoms with Crippen LogP contribution in [0, 0.1) is 5.92 Å². The molecule has 0 aliphatic heterocycles. The molecule has 0 fully saturated rings. The van der Waals surface area contributed by atoms with Gasteiger partial charge >= 0.3 is 0 Å². The highest BCUT2D eigenvalue weighted by molar-refractivity contribution is 7.13. The quantitative estimate of drug-likeness (QED) is 0.907. The summed E-state index contributed by atoms with van der Waals surface area (Å²) < 4.78 is 10.5. The van der Waals surface area contributed by atoms with Crippen LogP contribution in [0.2, 0.25) is 0 Å². The van der Waals surface area contributed by atoms with Gasteiger partial charge in [0.2, 0.25) is 0 Å². The Hall–Kier alpha value is -1.49. The summed E-state index contributed by atoms with van der Waals surface area (Å²) >= 11 is 1.57. The van der Waals surface area contributed by atoms with E-state index in [2.05, 4.69) is 19.0 Å². The van der Waals surface area contributed by atoms with Crippen LogP contribution in [0.15, 0.2) is 16.0 Å². The lowest BCUT2D eigenvalue weighted by Gasteiger charge is -2.03. The zero-order valence-electron chi connectivity index (χ0n) is 10.2. The highest BCUT2D eigenvalue weighted by Gasteiger charge is 2.18. The lowest BCUT2D eigenvalue weighted by atomic mass is 10.0. The minimum absolute atomic E-state index is 0.487. The number of nitrogens with zero attached hydrogens (tertiary/aromatic N) is 1. The van der Waals surface area contributed by atoms with Gasteiger partial charge in [-0.2, -0.15) is 0 Å². The molecule has 0 bridgehead atoms. The summed E-state index contributed by atoms with van der Waals surface area (Å²) in [6.07, 6.45) is 0.866. The Morgan fingerprint density at radius 2 is 2.29 bits per heavy atom. The van der Waals surface area contributed by atoms with Gasteiger partial charge in [0.15, 0.2) is 11.6 Å². The number of rotatable bonds is 4. The van der Waals surface area contributed by atoms with E-state index < -0.39 is 0 Å². The van der Waals surface area contributed by atoms with Gasteiger partial charge in [-0.05, 0) is 12.3 Å². The molecule has 2 heterocycles. The number of nitrogen functional groups attached to an aromatic ring is 1. The predicted molar refractivity (Wildman–Crippen MR) is 69.3 cm³/mol. The number of methoxy groups -OCH3 is 1. The van der Waals surface area contributed by atoms with Crippen molar-refractivity contribution in [1.29, 1.82) is 0 Å². The molecule has 2 N–H and O–H groups in total. The molecule has 0 aromatic carbocycles. The van der Waals surface area contributed by atoms with Crippen LogP contribution in [0.3, 0.4) is 0 Å². The summed E-state index contributed by atoms with van der Waals surface area (Å²) in [7, 11) is 1.65. The molecule has 4 nitrogen and oxygen atoms in total. The van der Waals surface area contributed by atoms with Crippen molar-refractivity contribution in [2.75, 3.05) is 12.8 Å². The summed E-state index contributed by atoms with van der Waals surface area (Å²) in [4.78, 5) is 1.00. The fourth-order valence-electron chi connectivity index (χ4n) is 1.67. The topological polar surface area (TPSA) is 61.3 Å². The molecule has 0 radical (unpaired) electrons. The first-order valence-corrected chi connectivity index (χ1v) is 6.36. The molecule has 92 valence electrons. The van der Waals surface area contributed by atoms with Gasteiger partial charge in [-0.1, -0.05) is 19.0 Å². The van der Waals surface area contributed by atoms with Gasteiger partial charge in [-0.3, -0.25) is 0 Å². The Bertz CT molecular complexity index is 502. The lowest BCUT2D eigenvalue weighted by Crippen LogP contribution is -1.98. The number of hydrogen-bond donors (Lipinski definition) is 1. The molecule has 0 saturated heterocycles. The third-order valence-corrected chi connectivity index (χ3v) is 3.37. The highest BCUT2D eigenvalue weighted by Crippen LogP contribution is 2.36. The van der Waals surface area contributed by atoms with Crippen molar-refractivity contribution in [3.63, 3.8) is 0 Å². The average Bonchev–Trinajstić information content (AvgIpc) is 2.86. The zero-order valence-corrected chi connectivity index (χ0v) is 11.0. The first kappa shape index (κ1) is 12.0. The van der Waals surface area contributed by atoms with Gasteiger partial charge in [-0.25, -0.2) is 0 Å². The minimum Gasteiger partial charge on any atom is -0.496 e. The monoisotopic (exact) mass is 252 g/mol. The molecular formula is C12H16N2O2S. The van der Waals surface area contributed by atoms with E-state index in [9.17, 15) is 0 Å². The van der Waals surface area contributed by atoms with E-state index >= 15 is 0 Å². The Kier molecular flexibility index (Phi) is 3.38. The van der Waals surface area contributed by atoms with Crippen molar-refractivity contribution in [3.8, 4) is 16.4 Å². The Balaban J connectivity index is 2.37. The molecule has 0 aliphatic rings. The van der Waals surface area contributed by atoms with Crippen LogP contribution in [0.25, 0.3) is 10.6 Å². The van der Waals surface area contributed by atoms with Crippen LogP contribution in [0.1, 0.15) is 19.4 Å². The van der Waals surface area contributed by atoms with Crippen LogP contribution < -0.4 is 10.5 Å². The van der Waals surface area contributed by atoms with Crippen molar-refractivity contribution in [2.24, 2.45) is 5.92 Å². The molecule has 0 atom stereocenters. The van der Waals surface area contributed by atoms with Gasteiger partial charge in [-0.15, -0.1) is 11.3 Å². The smallest absolute Gasteiger partial charge is 0.182 e. The lowest BCUT2D eigenvalue weighted by molar-refractivity contribution is 0.416. The molecule has 2 aromatic heterocycles. The van der Waals surface area contributed by atoms with Gasteiger partial charge < -0.3 is 15.0 Å². The molecule has 2 aromatic rings. The third kappa shape index (κ3) is 2.44. The van der Waals surface area contributed by atoms with E-state index in [4.69, 9.17) is 15.0 Å².